The van der Waals surface area contributed by atoms with Crippen LogP contribution in [0, 0.1) is 0 Å². The first-order valence-corrected chi connectivity index (χ1v) is 9.85. The molecule has 1 unspecified atom stereocenters. The van der Waals surface area contributed by atoms with Gasteiger partial charge in [0.15, 0.2) is 0 Å². The Hall–Kier alpha value is -1.98. The van der Waals surface area contributed by atoms with E-state index in [1.807, 2.05) is 41.9 Å². The molecule has 1 amide bonds. The molecule has 0 saturated carbocycles. The average Bonchev–Trinajstić information content (AvgIpc) is 3.11. The monoisotopic (exact) mass is 355 g/mol. The molecule has 1 aliphatic rings. The van der Waals surface area contributed by atoms with Crippen LogP contribution in [-0.4, -0.2) is 30.0 Å². The van der Waals surface area contributed by atoms with Gasteiger partial charge in [0.1, 0.15) is 0 Å². The fourth-order valence-electron chi connectivity index (χ4n) is 3.04. The van der Waals surface area contributed by atoms with Crippen LogP contribution in [0.4, 0.5) is 0 Å². The van der Waals surface area contributed by atoms with Crippen molar-refractivity contribution in [3.63, 3.8) is 0 Å². The summed E-state index contributed by atoms with van der Waals surface area (Å²) in [5.41, 5.74) is 4.30. The van der Waals surface area contributed by atoms with Crippen molar-refractivity contribution in [3.8, 4) is 0 Å². The Bertz CT molecular complexity index is 696. The fourth-order valence-corrected chi connectivity index (χ4v) is 3.93. The summed E-state index contributed by atoms with van der Waals surface area (Å²) < 4.78 is 0. The van der Waals surface area contributed by atoms with Gasteiger partial charge in [0.25, 0.3) is 0 Å². The van der Waals surface area contributed by atoms with Crippen LogP contribution in [0.25, 0.3) is 6.08 Å². The van der Waals surface area contributed by atoms with Gasteiger partial charge >= 0.3 is 0 Å². The molecule has 4 nitrogen and oxygen atoms in total. The van der Waals surface area contributed by atoms with E-state index >= 15 is 0 Å². The second-order valence-corrected chi connectivity index (χ2v) is 7.30. The van der Waals surface area contributed by atoms with Crippen molar-refractivity contribution in [2.45, 2.75) is 38.1 Å². The molecule has 5 heteroatoms. The molecule has 0 bridgehead atoms. The number of amides is 1. The summed E-state index contributed by atoms with van der Waals surface area (Å²) in [6, 6.07) is 10.4. The van der Waals surface area contributed by atoms with Crippen molar-refractivity contribution >= 4 is 23.3 Å². The van der Waals surface area contributed by atoms with Crippen molar-refractivity contribution in [2.24, 2.45) is 0 Å². The average molecular weight is 356 g/mol. The lowest BCUT2D eigenvalue weighted by Gasteiger charge is -2.22. The number of rotatable bonds is 8. The van der Waals surface area contributed by atoms with Crippen molar-refractivity contribution < 1.29 is 4.79 Å². The van der Waals surface area contributed by atoms with Crippen LogP contribution in [0.2, 0.25) is 0 Å². The highest BCUT2D eigenvalue weighted by Gasteiger charge is 2.19. The molecule has 1 aromatic heterocycles. The molecular formula is C20H25N3OS. The van der Waals surface area contributed by atoms with E-state index < -0.39 is 0 Å². The van der Waals surface area contributed by atoms with Gasteiger partial charge in [-0.2, -0.15) is 0 Å². The van der Waals surface area contributed by atoms with Gasteiger partial charge in [0.2, 0.25) is 5.91 Å². The Morgan fingerprint density at radius 3 is 2.96 bits per heavy atom. The zero-order valence-electron chi connectivity index (χ0n) is 14.4. The lowest BCUT2D eigenvalue weighted by atomic mass is 9.97. The van der Waals surface area contributed by atoms with E-state index in [1.165, 1.54) is 17.0 Å². The number of benzene rings is 1. The van der Waals surface area contributed by atoms with Gasteiger partial charge in [-0.25, -0.2) is 4.98 Å². The van der Waals surface area contributed by atoms with Crippen molar-refractivity contribution in [1.29, 1.82) is 0 Å². The quantitative estimate of drug-likeness (QED) is 0.565. The smallest absolute Gasteiger partial charge is 0.243 e. The van der Waals surface area contributed by atoms with Gasteiger partial charge in [-0.05, 0) is 50.3 Å². The van der Waals surface area contributed by atoms with E-state index in [1.54, 1.807) is 17.4 Å². The molecule has 3 rings (SSSR count). The number of hydrogen-bond donors (Lipinski definition) is 2. The molecule has 0 spiro atoms. The topological polar surface area (TPSA) is 54.0 Å². The van der Waals surface area contributed by atoms with Crippen LogP contribution in [0.3, 0.4) is 0 Å². The Kier molecular flexibility index (Phi) is 6.77. The highest BCUT2D eigenvalue weighted by atomic mass is 32.1. The largest absolute Gasteiger partial charge is 0.353 e. The second-order valence-electron chi connectivity index (χ2n) is 6.36. The molecule has 0 radical (unpaired) electrons. The minimum atomic E-state index is -0.0261. The van der Waals surface area contributed by atoms with E-state index in [4.69, 9.17) is 0 Å². The normalized spacial score (nSPS) is 16.7. The number of hydrogen-bond acceptors (Lipinski definition) is 4. The number of nitrogens with zero attached hydrogens (tertiary/aromatic N) is 1. The number of aryl methyl sites for hydroxylation is 1. The Labute approximate surface area is 153 Å². The highest BCUT2D eigenvalue weighted by Crippen LogP contribution is 2.23. The molecule has 0 aliphatic heterocycles. The number of thiazole rings is 1. The summed E-state index contributed by atoms with van der Waals surface area (Å²) in [6.45, 7) is 1.73. The van der Waals surface area contributed by atoms with Crippen LogP contribution in [0.5, 0.6) is 0 Å². The summed E-state index contributed by atoms with van der Waals surface area (Å²) in [5, 5.41) is 6.58. The van der Waals surface area contributed by atoms with Crippen LogP contribution in [0.15, 0.2) is 41.9 Å². The lowest BCUT2D eigenvalue weighted by Crippen LogP contribution is -2.35. The third-order valence-electron chi connectivity index (χ3n) is 4.45. The molecule has 0 fully saturated rings. The van der Waals surface area contributed by atoms with Crippen molar-refractivity contribution in [2.75, 3.05) is 13.1 Å². The number of fused-ring (bicyclic) bond motifs is 1. The molecule has 132 valence electrons. The molecule has 1 aliphatic carbocycles. The standard InChI is InChI=1S/C20H25N3OS/c24-20(11-8-16-6-2-1-3-7-16)22-13-5-4-12-21-17-9-10-18-19(14-17)25-15-23-18/h1-3,6-8,11,15,17,21H,4-5,9-10,12-14H2,(H,22,24). The molecule has 2 aromatic rings. The number of carbonyl (C=O) groups is 1. The van der Waals surface area contributed by atoms with Crippen LogP contribution < -0.4 is 10.6 Å². The molecule has 25 heavy (non-hydrogen) atoms. The maximum Gasteiger partial charge on any atom is 0.243 e. The molecule has 1 atom stereocenters. The van der Waals surface area contributed by atoms with Crippen LogP contribution >= 0.6 is 11.3 Å². The van der Waals surface area contributed by atoms with Gasteiger partial charge in [-0.3, -0.25) is 4.79 Å². The maximum absolute atomic E-state index is 11.8. The Morgan fingerprint density at radius 2 is 2.08 bits per heavy atom. The third kappa shape index (κ3) is 5.80. The summed E-state index contributed by atoms with van der Waals surface area (Å²) in [5.74, 6) is -0.0261. The number of carbonyl (C=O) groups excluding carboxylic acids is 1. The molecule has 0 saturated heterocycles. The first-order chi connectivity index (χ1) is 12.3. The minimum absolute atomic E-state index is 0.0261. The number of unbranched alkanes of at least 4 members (excludes halogenated alkanes) is 1. The van der Waals surface area contributed by atoms with E-state index in [0.717, 1.165) is 44.3 Å². The van der Waals surface area contributed by atoms with Gasteiger partial charge in [0, 0.05) is 23.5 Å². The molecule has 1 aromatic carbocycles. The summed E-state index contributed by atoms with van der Waals surface area (Å²) in [4.78, 5) is 17.6. The predicted molar refractivity (Wildman–Crippen MR) is 104 cm³/mol. The van der Waals surface area contributed by atoms with Gasteiger partial charge in [0.05, 0.1) is 11.2 Å². The second kappa shape index (κ2) is 9.49. The first-order valence-electron chi connectivity index (χ1n) is 8.97. The van der Waals surface area contributed by atoms with E-state index in [0.29, 0.717) is 6.04 Å². The SMILES string of the molecule is O=C(C=Cc1ccccc1)NCCCCNC1CCc2ncsc2C1. The summed E-state index contributed by atoms with van der Waals surface area (Å²) in [6.07, 6.45) is 8.90. The van der Waals surface area contributed by atoms with Gasteiger partial charge < -0.3 is 10.6 Å². The van der Waals surface area contributed by atoms with E-state index in [2.05, 4.69) is 15.6 Å². The number of nitrogens with one attached hydrogen (secondary N) is 2. The fraction of sp³-hybridized carbons (Fsp3) is 0.400. The molecular weight excluding hydrogens is 330 g/mol. The first kappa shape index (κ1) is 17.8. The zero-order valence-corrected chi connectivity index (χ0v) is 15.2. The third-order valence-corrected chi connectivity index (χ3v) is 5.35. The van der Waals surface area contributed by atoms with Crippen molar-refractivity contribution in [1.82, 2.24) is 15.6 Å². The van der Waals surface area contributed by atoms with Crippen LogP contribution in [0.1, 0.15) is 35.4 Å². The van der Waals surface area contributed by atoms with Gasteiger partial charge in [-0.1, -0.05) is 30.3 Å². The minimum Gasteiger partial charge on any atom is -0.353 e. The Balaban J connectivity index is 1.24. The molecule has 2 N–H and O–H groups in total. The van der Waals surface area contributed by atoms with E-state index in [9.17, 15) is 4.79 Å². The zero-order chi connectivity index (χ0) is 17.3. The molecule has 1 heterocycles. The highest BCUT2D eigenvalue weighted by molar-refractivity contribution is 7.09. The lowest BCUT2D eigenvalue weighted by molar-refractivity contribution is -0.116. The predicted octanol–water partition coefficient (Wildman–Crippen LogP) is 3.20. The van der Waals surface area contributed by atoms with Gasteiger partial charge in [-0.15, -0.1) is 11.3 Å². The van der Waals surface area contributed by atoms with Crippen LogP contribution in [-0.2, 0) is 17.6 Å². The van der Waals surface area contributed by atoms with E-state index in [-0.39, 0.29) is 5.91 Å². The summed E-state index contributed by atoms with van der Waals surface area (Å²) >= 11 is 1.78. The maximum atomic E-state index is 11.8. The summed E-state index contributed by atoms with van der Waals surface area (Å²) in [7, 11) is 0. The van der Waals surface area contributed by atoms with Crippen molar-refractivity contribution in [3.05, 3.63) is 58.1 Å². The Morgan fingerprint density at radius 1 is 1.24 bits per heavy atom. The number of aromatic nitrogens is 1.